The molecule has 0 spiro atoms. The molecule has 0 aromatic heterocycles. The summed E-state index contributed by atoms with van der Waals surface area (Å²) in [5.41, 5.74) is 7.85. The minimum atomic E-state index is -5.08. The number of nitrogens with zero attached hydrogens (tertiary/aromatic N) is 2. The number of alkyl halides is 3. The maximum atomic E-state index is 13.3. The highest BCUT2D eigenvalue weighted by Crippen LogP contribution is 2.27. The van der Waals surface area contributed by atoms with Crippen molar-refractivity contribution in [1.29, 1.82) is 0 Å². The molecule has 41 heavy (non-hydrogen) atoms. The first-order valence-electron chi connectivity index (χ1n) is 14.0. The van der Waals surface area contributed by atoms with Crippen molar-refractivity contribution in [3.8, 4) is 0 Å². The van der Waals surface area contributed by atoms with Gasteiger partial charge in [0.05, 0.1) is 6.04 Å². The summed E-state index contributed by atoms with van der Waals surface area (Å²) < 4.78 is 31.7. The number of halogens is 3. The van der Waals surface area contributed by atoms with Gasteiger partial charge in [-0.3, -0.25) is 14.4 Å². The Morgan fingerprint density at radius 1 is 1.02 bits per heavy atom. The maximum Gasteiger partial charge on any atom is 0.490 e. The first-order valence-corrected chi connectivity index (χ1v) is 14.0. The summed E-state index contributed by atoms with van der Waals surface area (Å²) >= 11 is 0. The second-order valence-corrected chi connectivity index (χ2v) is 10.7. The van der Waals surface area contributed by atoms with Crippen molar-refractivity contribution in [2.75, 3.05) is 38.5 Å². The molecule has 1 saturated carbocycles. The molecule has 0 bridgehead atoms. The summed E-state index contributed by atoms with van der Waals surface area (Å²) in [6.45, 7) is 6.71. The molecule has 1 aliphatic carbocycles. The zero-order valence-electron chi connectivity index (χ0n) is 23.9. The van der Waals surface area contributed by atoms with Gasteiger partial charge in [0.2, 0.25) is 17.7 Å². The molecule has 0 radical (unpaired) electrons. The van der Waals surface area contributed by atoms with Crippen molar-refractivity contribution >= 4 is 29.4 Å². The number of likely N-dealkylation sites (N-methyl/N-ethyl adjacent to an activating group) is 1. The molecule has 3 unspecified atom stereocenters. The van der Waals surface area contributed by atoms with E-state index in [1.165, 1.54) is 6.42 Å². The van der Waals surface area contributed by atoms with Crippen LogP contribution in [-0.4, -0.2) is 90.1 Å². The van der Waals surface area contributed by atoms with Gasteiger partial charge in [-0.2, -0.15) is 13.2 Å². The van der Waals surface area contributed by atoms with Gasteiger partial charge in [-0.05, 0) is 43.5 Å². The Hall–Kier alpha value is -3.19. The zero-order valence-corrected chi connectivity index (χ0v) is 23.9. The predicted molar refractivity (Wildman–Crippen MR) is 148 cm³/mol. The first kappa shape index (κ1) is 34.0. The lowest BCUT2D eigenvalue weighted by Crippen LogP contribution is -2.55. The fraction of sp³-hybridized carbons (Fsp3) is 0.643. The largest absolute Gasteiger partial charge is 0.490 e. The lowest BCUT2D eigenvalue weighted by atomic mass is 9.84. The van der Waals surface area contributed by atoms with Crippen molar-refractivity contribution in [1.82, 2.24) is 15.1 Å². The number of carbonyl (C=O) groups is 4. The average Bonchev–Trinajstić information content (AvgIpc) is 2.95. The minimum Gasteiger partial charge on any atom is -0.475 e. The van der Waals surface area contributed by atoms with Gasteiger partial charge in [0, 0.05) is 44.2 Å². The van der Waals surface area contributed by atoms with E-state index in [9.17, 15) is 27.6 Å². The number of carboxylic acids is 1. The summed E-state index contributed by atoms with van der Waals surface area (Å²) in [5, 5.41) is 13.0. The molecule has 1 aliphatic heterocycles. The zero-order chi connectivity index (χ0) is 30.7. The number of anilines is 1. The van der Waals surface area contributed by atoms with Gasteiger partial charge >= 0.3 is 12.1 Å². The van der Waals surface area contributed by atoms with Crippen LogP contribution in [0, 0.1) is 5.92 Å². The monoisotopic (exact) mass is 585 g/mol. The van der Waals surface area contributed by atoms with E-state index in [-0.39, 0.29) is 29.6 Å². The van der Waals surface area contributed by atoms with Crippen LogP contribution in [0.3, 0.4) is 0 Å². The minimum absolute atomic E-state index is 0.0433. The molecule has 5 N–H and O–H groups in total. The molecule has 13 heteroatoms. The number of hydrogen-bond donors (Lipinski definition) is 4. The summed E-state index contributed by atoms with van der Waals surface area (Å²) in [4.78, 5) is 51.1. The van der Waals surface area contributed by atoms with E-state index < -0.39 is 24.2 Å². The number of aliphatic carboxylic acids is 1. The van der Waals surface area contributed by atoms with Crippen LogP contribution in [0.2, 0.25) is 0 Å². The maximum absolute atomic E-state index is 13.3. The van der Waals surface area contributed by atoms with Crippen LogP contribution in [0.1, 0.15) is 63.9 Å². The lowest BCUT2D eigenvalue weighted by Gasteiger charge is -2.36. The number of rotatable bonds is 8. The number of amides is 3. The molecule has 3 amide bonds. The van der Waals surface area contributed by atoms with Crippen LogP contribution in [0.25, 0.3) is 0 Å². The Morgan fingerprint density at radius 2 is 1.56 bits per heavy atom. The van der Waals surface area contributed by atoms with Gasteiger partial charge in [0.15, 0.2) is 0 Å². The molecule has 1 aromatic rings. The molecule has 2 fully saturated rings. The molecule has 10 nitrogen and oxygen atoms in total. The normalized spacial score (nSPS) is 18.8. The van der Waals surface area contributed by atoms with E-state index in [0.717, 1.165) is 44.3 Å². The van der Waals surface area contributed by atoms with E-state index in [1.807, 2.05) is 43.1 Å². The topological polar surface area (TPSA) is 145 Å². The third-order valence-electron chi connectivity index (χ3n) is 7.63. The molecule has 1 aromatic carbocycles. The van der Waals surface area contributed by atoms with Crippen molar-refractivity contribution in [3.63, 3.8) is 0 Å². The van der Waals surface area contributed by atoms with E-state index in [4.69, 9.17) is 15.6 Å². The number of carboxylic acid groups (broad SMARTS) is 1. The fourth-order valence-corrected chi connectivity index (χ4v) is 4.90. The Bertz CT molecular complexity index is 1020. The summed E-state index contributed by atoms with van der Waals surface area (Å²) in [7, 11) is 2.04. The van der Waals surface area contributed by atoms with Crippen LogP contribution in [0.15, 0.2) is 24.3 Å². The molecule has 3 atom stereocenters. The van der Waals surface area contributed by atoms with Crippen LogP contribution in [0.4, 0.5) is 18.9 Å². The predicted octanol–water partition coefficient (Wildman–Crippen LogP) is 2.94. The third kappa shape index (κ3) is 10.6. The second-order valence-electron chi connectivity index (χ2n) is 10.7. The van der Waals surface area contributed by atoms with Crippen LogP contribution >= 0.6 is 0 Å². The highest BCUT2D eigenvalue weighted by atomic mass is 19.4. The number of hydrogen-bond acceptors (Lipinski definition) is 6. The van der Waals surface area contributed by atoms with Crippen molar-refractivity contribution in [2.24, 2.45) is 11.7 Å². The fourth-order valence-electron chi connectivity index (χ4n) is 4.90. The second kappa shape index (κ2) is 15.7. The van der Waals surface area contributed by atoms with Crippen LogP contribution < -0.4 is 16.4 Å². The molecule has 3 rings (SSSR count). The van der Waals surface area contributed by atoms with E-state index >= 15 is 0 Å². The van der Waals surface area contributed by atoms with Gasteiger partial charge < -0.3 is 31.3 Å². The Morgan fingerprint density at radius 3 is 2.05 bits per heavy atom. The van der Waals surface area contributed by atoms with Gasteiger partial charge in [-0.1, -0.05) is 45.2 Å². The van der Waals surface area contributed by atoms with Crippen LogP contribution in [0.5, 0.6) is 0 Å². The highest BCUT2D eigenvalue weighted by molar-refractivity contribution is 5.95. The van der Waals surface area contributed by atoms with E-state index in [1.54, 1.807) is 6.92 Å². The molecular formula is C28H42F3N5O5. The smallest absolute Gasteiger partial charge is 0.475 e. The molecular weight excluding hydrogens is 543 g/mol. The number of carbonyl (C=O) groups excluding carboxylic acids is 3. The summed E-state index contributed by atoms with van der Waals surface area (Å²) in [6.07, 6.45) is 0.767. The quantitative estimate of drug-likeness (QED) is 0.367. The van der Waals surface area contributed by atoms with E-state index in [0.29, 0.717) is 25.2 Å². The van der Waals surface area contributed by atoms with Crippen molar-refractivity contribution < 1.29 is 37.5 Å². The first-order chi connectivity index (χ1) is 19.2. The summed E-state index contributed by atoms with van der Waals surface area (Å²) in [5.74, 6) is -3.05. The number of piperazine rings is 1. The average molecular weight is 586 g/mol. The Kier molecular flexibility index (Phi) is 13.0. The SMILES string of the molecule is CCC(=O)NC(C(=O)N1CCN(C)CC1)C(C)c1ccc(NC(=O)C(N)C2CCCCC2)cc1.O=C(O)C(F)(F)F. The lowest BCUT2D eigenvalue weighted by molar-refractivity contribution is -0.192. The van der Waals surface area contributed by atoms with Crippen LogP contribution in [-0.2, 0) is 19.2 Å². The third-order valence-corrected chi connectivity index (χ3v) is 7.63. The molecule has 2 aliphatic rings. The Labute approximate surface area is 238 Å². The van der Waals surface area contributed by atoms with E-state index in [2.05, 4.69) is 15.5 Å². The number of nitrogens with two attached hydrogens (primary N) is 1. The molecule has 1 saturated heterocycles. The Balaban J connectivity index is 0.000000745. The summed E-state index contributed by atoms with van der Waals surface area (Å²) in [6, 6.07) is 6.39. The highest BCUT2D eigenvalue weighted by Gasteiger charge is 2.38. The van der Waals surface area contributed by atoms with Crippen molar-refractivity contribution in [2.45, 2.75) is 76.6 Å². The van der Waals surface area contributed by atoms with Gasteiger partial charge in [-0.25, -0.2) is 4.79 Å². The van der Waals surface area contributed by atoms with Gasteiger partial charge in [-0.15, -0.1) is 0 Å². The van der Waals surface area contributed by atoms with Gasteiger partial charge in [0.1, 0.15) is 6.04 Å². The standard InChI is InChI=1S/C26H41N5O3.C2HF3O2/c1-4-22(32)29-24(26(34)31-16-14-30(3)15-17-31)18(2)19-10-12-21(13-11-19)28-25(33)23(27)20-8-6-5-7-9-20;3-2(4,5)1(6)7/h10-13,18,20,23-24H,4-9,14-17,27H2,1-3H3,(H,28,33)(H,29,32);(H,6,7). The van der Waals surface area contributed by atoms with Gasteiger partial charge in [0.25, 0.3) is 0 Å². The van der Waals surface area contributed by atoms with Crippen molar-refractivity contribution in [3.05, 3.63) is 29.8 Å². The molecule has 230 valence electrons. The molecule has 1 heterocycles. The number of benzene rings is 1. The number of nitrogens with one attached hydrogen (secondary N) is 2.